The Bertz CT molecular complexity index is 2240. The van der Waals surface area contributed by atoms with Crippen LogP contribution in [-0.4, -0.2) is 36.6 Å². The minimum atomic E-state index is -0.364. The van der Waals surface area contributed by atoms with Gasteiger partial charge in [0.2, 0.25) is 0 Å². The lowest BCUT2D eigenvalue weighted by molar-refractivity contribution is 0.0517. The summed E-state index contributed by atoms with van der Waals surface area (Å²) in [6.45, 7) is 16.9. The van der Waals surface area contributed by atoms with Gasteiger partial charge in [-0.25, -0.2) is 9.59 Å². The van der Waals surface area contributed by atoms with Crippen LogP contribution in [-0.2, 0) is 9.47 Å². The van der Waals surface area contributed by atoms with E-state index in [9.17, 15) is 9.59 Å². The summed E-state index contributed by atoms with van der Waals surface area (Å²) in [5.74, 6) is -0.727. The lowest BCUT2D eigenvalue weighted by atomic mass is 9.99. The molecule has 2 aliphatic rings. The molecule has 8 heteroatoms. The van der Waals surface area contributed by atoms with E-state index >= 15 is 0 Å². The van der Waals surface area contributed by atoms with Crippen LogP contribution in [0.1, 0.15) is 67.9 Å². The van der Waals surface area contributed by atoms with E-state index in [-0.39, 0.29) is 11.9 Å². The average molecular weight is 661 g/mol. The van der Waals surface area contributed by atoms with Crippen LogP contribution in [0.25, 0.3) is 35.4 Å². The highest BCUT2D eigenvalue weighted by molar-refractivity contribution is 6.27. The third kappa shape index (κ3) is 5.17. The zero-order valence-electron chi connectivity index (χ0n) is 28.4. The fourth-order valence-electron chi connectivity index (χ4n) is 6.84. The Morgan fingerprint density at radius 3 is 1.30 bits per heavy atom. The third-order valence-corrected chi connectivity index (χ3v) is 9.35. The number of hydrazone groups is 2. The van der Waals surface area contributed by atoms with Crippen LogP contribution in [0, 0.1) is 13.8 Å². The number of esters is 2. The number of nitrogens with zero attached hydrogens (tertiary/aromatic N) is 2. The Balaban J connectivity index is 1.26. The molecule has 0 heterocycles. The molecule has 2 aliphatic carbocycles. The maximum Gasteiger partial charge on any atom is 0.338 e. The SMILES string of the molecule is C=c1c(C)c(NN=C2c3ccccc3-c3c(C(=O)OCC)cccc32)c(=C)c(C)c1NN=C1c2ccccc2-c2c(C(=O)OCC)cccc21. The molecule has 2 N–H and O–H groups in total. The molecule has 0 radical (unpaired) electrons. The quantitative estimate of drug-likeness (QED) is 0.132. The second-order valence-corrected chi connectivity index (χ2v) is 12.1. The van der Waals surface area contributed by atoms with Crippen molar-refractivity contribution in [2.75, 3.05) is 24.1 Å². The van der Waals surface area contributed by atoms with Crippen molar-refractivity contribution >= 4 is 47.9 Å². The van der Waals surface area contributed by atoms with Gasteiger partial charge in [0.25, 0.3) is 0 Å². The van der Waals surface area contributed by atoms with Crippen LogP contribution in [0.5, 0.6) is 0 Å². The number of hydrogen-bond donors (Lipinski definition) is 2. The highest BCUT2D eigenvalue weighted by Gasteiger charge is 2.31. The smallest absolute Gasteiger partial charge is 0.338 e. The maximum absolute atomic E-state index is 12.9. The van der Waals surface area contributed by atoms with Gasteiger partial charge in [0.15, 0.2) is 0 Å². The number of hydrogen-bond acceptors (Lipinski definition) is 8. The zero-order valence-corrected chi connectivity index (χ0v) is 28.4. The Kier molecular flexibility index (Phi) is 8.37. The van der Waals surface area contributed by atoms with Crippen molar-refractivity contribution in [3.05, 3.63) is 140 Å². The number of ether oxygens (including phenoxy) is 2. The minimum absolute atomic E-state index is 0.291. The normalized spacial score (nSPS) is 13.8. The monoisotopic (exact) mass is 660 g/mol. The zero-order chi connectivity index (χ0) is 35.1. The molecule has 7 rings (SSSR count). The summed E-state index contributed by atoms with van der Waals surface area (Å²) < 4.78 is 10.7. The first-order chi connectivity index (χ1) is 24.3. The molecule has 0 amide bonds. The first-order valence-electron chi connectivity index (χ1n) is 16.6. The minimum Gasteiger partial charge on any atom is -0.462 e. The van der Waals surface area contributed by atoms with Crippen LogP contribution in [0.4, 0.5) is 11.4 Å². The second kappa shape index (κ2) is 13.0. The first kappa shape index (κ1) is 32.3. The van der Waals surface area contributed by atoms with Crippen LogP contribution in [0.15, 0.2) is 95.1 Å². The van der Waals surface area contributed by atoms with Crippen molar-refractivity contribution in [3.8, 4) is 22.3 Å². The molecule has 0 atom stereocenters. The molecule has 5 aromatic rings. The molecule has 0 aromatic heterocycles. The van der Waals surface area contributed by atoms with Crippen molar-refractivity contribution in [2.24, 2.45) is 10.2 Å². The molecule has 0 unspecified atom stereocenters. The van der Waals surface area contributed by atoms with Gasteiger partial charge in [-0.15, -0.1) is 0 Å². The highest BCUT2D eigenvalue weighted by atomic mass is 16.5. The molecule has 8 nitrogen and oxygen atoms in total. The van der Waals surface area contributed by atoms with Crippen LogP contribution in [0.2, 0.25) is 0 Å². The van der Waals surface area contributed by atoms with E-state index in [0.717, 1.165) is 88.9 Å². The van der Waals surface area contributed by atoms with Crippen molar-refractivity contribution in [3.63, 3.8) is 0 Å². The van der Waals surface area contributed by atoms with Gasteiger partial charge in [0.1, 0.15) is 0 Å². The molecule has 0 fully saturated rings. The van der Waals surface area contributed by atoms with E-state index in [0.29, 0.717) is 24.3 Å². The van der Waals surface area contributed by atoms with Gasteiger partial charge < -0.3 is 9.47 Å². The molecule has 0 spiro atoms. The topological polar surface area (TPSA) is 101 Å². The largest absolute Gasteiger partial charge is 0.462 e. The molecular formula is C42H36N4O4. The molecule has 0 bridgehead atoms. The Labute approximate surface area is 290 Å². The van der Waals surface area contributed by atoms with Crippen molar-refractivity contribution in [1.82, 2.24) is 0 Å². The van der Waals surface area contributed by atoms with E-state index < -0.39 is 0 Å². The number of anilines is 2. The predicted molar refractivity (Wildman–Crippen MR) is 200 cm³/mol. The van der Waals surface area contributed by atoms with Crippen LogP contribution in [0.3, 0.4) is 0 Å². The molecular weight excluding hydrogens is 624 g/mol. The average Bonchev–Trinajstić information content (AvgIpc) is 3.63. The number of rotatable bonds is 8. The maximum atomic E-state index is 12.9. The van der Waals surface area contributed by atoms with Crippen molar-refractivity contribution < 1.29 is 19.1 Å². The number of nitrogens with one attached hydrogen (secondary N) is 2. The van der Waals surface area contributed by atoms with Gasteiger partial charge in [-0.05, 0) is 72.5 Å². The molecule has 50 heavy (non-hydrogen) atoms. The number of fused-ring (bicyclic) bond motifs is 6. The fraction of sp³-hybridized carbons (Fsp3) is 0.143. The van der Waals surface area contributed by atoms with Crippen LogP contribution >= 0.6 is 0 Å². The van der Waals surface area contributed by atoms with Gasteiger partial charge in [-0.2, -0.15) is 10.2 Å². The molecule has 0 aliphatic heterocycles. The summed E-state index contributed by atoms with van der Waals surface area (Å²) in [4.78, 5) is 25.8. The van der Waals surface area contributed by atoms with E-state index in [1.54, 1.807) is 26.0 Å². The lowest BCUT2D eigenvalue weighted by Gasteiger charge is -2.15. The molecule has 0 saturated carbocycles. The van der Waals surface area contributed by atoms with Gasteiger partial charge in [-0.1, -0.05) is 86.0 Å². The summed E-state index contributed by atoms with van der Waals surface area (Å²) in [7, 11) is 0. The summed E-state index contributed by atoms with van der Waals surface area (Å²) in [5, 5.41) is 11.3. The van der Waals surface area contributed by atoms with E-state index in [4.69, 9.17) is 19.7 Å². The van der Waals surface area contributed by atoms with Crippen molar-refractivity contribution in [1.29, 1.82) is 0 Å². The Hall–Kier alpha value is -6.28. The van der Waals surface area contributed by atoms with E-state index in [2.05, 4.69) is 24.0 Å². The highest BCUT2D eigenvalue weighted by Crippen LogP contribution is 2.41. The first-order valence-corrected chi connectivity index (χ1v) is 16.6. The number of carbonyl (C=O) groups is 2. The predicted octanol–water partition coefficient (Wildman–Crippen LogP) is 7.17. The summed E-state index contributed by atoms with van der Waals surface area (Å²) >= 11 is 0. The molecule has 248 valence electrons. The van der Waals surface area contributed by atoms with Gasteiger partial charge in [0, 0.05) is 33.4 Å². The van der Waals surface area contributed by atoms with E-state index in [1.165, 1.54) is 0 Å². The Morgan fingerprint density at radius 1 is 0.560 bits per heavy atom. The fourth-order valence-corrected chi connectivity index (χ4v) is 6.84. The standard InChI is InChI=1S/C42H36N4O4/c1-7-49-41(47)33-21-13-19-31-35(33)27-15-9-11-17-29(27)39(31)45-43-37-23(3)25(5)38(26(6)24(37)4)44-46-40-30-18-12-10-16-28(30)36-32(40)20-14-22-34(36)42(48)50-8-2/h9-22,43-44H,3,6-8H2,1-2,4-5H3. The van der Waals surface area contributed by atoms with Gasteiger partial charge >= 0.3 is 11.9 Å². The van der Waals surface area contributed by atoms with Crippen LogP contribution < -0.4 is 21.3 Å². The summed E-state index contributed by atoms with van der Waals surface area (Å²) in [6.07, 6.45) is 0. The molecule has 0 saturated heterocycles. The number of carbonyl (C=O) groups excluding carboxylic acids is 2. The number of benzene rings is 5. The molecule has 5 aromatic carbocycles. The van der Waals surface area contributed by atoms with Crippen molar-refractivity contribution in [2.45, 2.75) is 27.7 Å². The summed E-state index contributed by atoms with van der Waals surface area (Å²) in [5.41, 5.74) is 19.2. The second-order valence-electron chi connectivity index (χ2n) is 12.1. The third-order valence-electron chi connectivity index (χ3n) is 9.35. The summed E-state index contributed by atoms with van der Waals surface area (Å²) in [6, 6.07) is 27.0. The Morgan fingerprint density at radius 2 is 0.920 bits per heavy atom. The van der Waals surface area contributed by atoms with E-state index in [1.807, 2.05) is 86.6 Å². The lowest BCUT2D eigenvalue weighted by Crippen LogP contribution is -2.24. The van der Waals surface area contributed by atoms with Gasteiger partial charge in [0.05, 0.1) is 47.1 Å². The van der Waals surface area contributed by atoms with Gasteiger partial charge in [-0.3, -0.25) is 10.9 Å².